The molecule has 1 aromatic rings. The van der Waals surface area contributed by atoms with Crippen molar-refractivity contribution in [3.8, 4) is 0 Å². The topological polar surface area (TPSA) is 52.6 Å². The van der Waals surface area contributed by atoms with Gasteiger partial charge in [0.05, 0.1) is 0 Å². The van der Waals surface area contributed by atoms with Crippen LogP contribution in [0.5, 0.6) is 0 Å². The van der Waals surface area contributed by atoms with E-state index in [2.05, 4.69) is 36.0 Å². The molecule has 5 heteroatoms. The standard InChI is InChI=1S/C16H26N2O2S/c1-3-16(12-19)5-7-18(8-6-16)15(20)17-10-13(2)14-4-9-21-11-14/h4,9,11,13,19H,3,5-8,10,12H2,1-2H3,(H,17,20)/t13-/m0/s1. The smallest absolute Gasteiger partial charge is 0.317 e. The first-order chi connectivity index (χ1) is 10.1. The minimum absolute atomic E-state index is 0.0275. The summed E-state index contributed by atoms with van der Waals surface area (Å²) in [4.78, 5) is 14.1. The van der Waals surface area contributed by atoms with Crippen LogP contribution in [0.2, 0.25) is 0 Å². The summed E-state index contributed by atoms with van der Waals surface area (Å²) in [5.41, 5.74) is 1.31. The molecule has 118 valence electrons. The normalized spacial score (nSPS) is 19.3. The van der Waals surface area contributed by atoms with Gasteiger partial charge in [-0.3, -0.25) is 0 Å². The van der Waals surface area contributed by atoms with Crippen molar-refractivity contribution >= 4 is 17.4 Å². The van der Waals surface area contributed by atoms with Crippen LogP contribution in [-0.4, -0.2) is 42.3 Å². The number of piperidine rings is 1. The summed E-state index contributed by atoms with van der Waals surface area (Å²) in [6.45, 7) is 6.64. The second-order valence-corrected chi connectivity index (χ2v) is 6.92. The molecule has 2 rings (SSSR count). The molecule has 4 nitrogen and oxygen atoms in total. The molecule has 1 atom stereocenters. The van der Waals surface area contributed by atoms with E-state index >= 15 is 0 Å². The molecule has 0 radical (unpaired) electrons. The molecule has 1 aliphatic heterocycles. The lowest BCUT2D eigenvalue weighted by atomic mass is 9.77. The van der Waals surface area contributed by atoms with E-state index in [0.29, 0.717) is 12.5 Å². The highest BCUT2D eigenvalue weighted by Gasteiger charge is 2.33. The number of nitrogens with zero attached hydrogens (tertiary/aromatic N) is 1. The second kappa shape index (κ2) is 7.27. The van der Waals surface area contributed by atoms with Crippen LogP contribution < -0.4 is 5.32 Å². The molecule has 0 aliphatic carbocycles. The van der Waals surface area contributed by atoms with Gasteiger partial charge in [0, 0.05) is 26.2 Å². The Hall–Kier alpha value is -1.07. The lowest BCUT2D eigenvalue weighted by Gasteiger charge is -2.40. The van der Waals surface area contributed by atoms with Crippen molar-refractivity contribution in [2.75, 3.05) is 26.2 Å². The fourth-order valence-corrected chi connectivity index (χ4v) is 3.62. The van der Waals surface area contributed by atoms with Crippen LogP contribution in [-0.2, 0) is 0 Å². The number of carbonyl (C=O) groups is 1. The molecule has 1 aliphatic rings. The molecule has 1 saturated heterocycles. The number of amides is 2. The van der Waals surface area contributed by atoms with Crippen molar-refractivity contribution in [2.45, 2.75) is 39.0 Å². The number of likely N-dealkylation sites (tertiary alicyclic amines) is 1. The Balaban J connectivity index is 1.77. The Morgan fingerprint density at radius 1 is 1.52 bits per heavy atom. The minimum Gasteiger partial charge on any atom is -0.396 e. The van der Waals surface area contributed by atoms with E-state index in [1.807, 2.05) is 4.90 Å². The van der Waals surface area contributed by atoms with Gasteiger partial charge in [0.25, 0.3) is 0 Å². The van der Waals surface area contributed by atoms with Gasteiger partial charge in [-0.1, -0.05) is 13.8 Å². The monoisotopic (exact) mass is 310 g/mol. The van der Waals surface area contributed by atoms with Crippen LogP contribution in [0.1, 0.15) is 44.6 Å². The van der Waals surface area contributed by atoms with Crippen molar-refractivity contribution in [3.63, 3.8) is 0 Å². The average molecular weight is 310 g/mol. The number of aliphatic hydroxyl groups excluding tert-OH is 1. The number of hydrogen-bond donors (Lipinski definition) is 2. The fourth-order valence-electron chi connectivity index (χ4n) is 2.83. The predicted octanol–water partition coefficient (Wildman–Crippen LogP) is 3.05. The summed E-state index contributed by atoms with van der Waals surface area (Å²) in [6, 6.07) is 2.14. The summed E-state index contributed by atoms with van der Waals surface area (Å²) < 4.78 is 0. The van der Waals surface area contributed by atoms with Gasteiger partial charge >= 0.3 is 6.03 Å². The van der Waals surface area contributed by atoms with E-state index in [-0.39, 0.29) is 18.1 Å². The highest BCUT2D eigenvalue weighted by molar-refractivity contribution is 7.07. The van der Waals surface area contributed by atoms with E-state index in [1.54, 1.807) is 11.3 Å². The molecule has 2 N–H and O–H groups in total. The molecule has 0 saturated carbocycles. The Morgan fingerprint density at radius 3 is 2.76 bits per heavy atom. The molecule has 0 unspecified atom stereocenters. The Bertz CT molecular complexity index is 433. The maximum atomic E-state index is 12.2. The number of thiophene rings is 1. The third-order valence-electron chi connectivity index (χ3n) is 4.87. The molecular weight excluding hydrogens is 284 g/mol. The zero-order chi connectivity index (χ0) is 15.3. The summed E-state index contributed by atoms with van der Waals surface area (Å²) in [6.07, 6.45) is 2.77. The van der Waals surface area contributed by atoms with Gasteiger partial charge in [-0.2, -0.15) is 11.3 Å². The number of urea groups is 1. The van der Waals surface area contributed by atoms with Gasteiger partial charge < -0.3 is 15.3 Å². The van der Waals surface area contributed by atoms with Gasteiger partial charge in [0.1, 0.15) is 0 Å². The van der Waals surface area contributed by atoms with Crippen LogP contribution >= 0.6 is 11.3 Å². The molecule has 0 bridgehead atoms. The van der Waals surface area contributed by atoms with Crippen molar-refractivity contribution in [3.05, 3.63) is 22.4 Å². The largest absolute Gasteiger partial charge is 0.396 e. The molecule has 1 aromatic heterocycles. The molecule has 2 amide bonds. The number of carbonyl (C=O) groups excluding carboxylic acids is 1. The first-order valence-corrected chi connectivity index (χ1v) is 8.70. The first-order valence-electron chi connectivity index (χ1n) is 7.76. The molecule has 0 spiro atoms. The fraction of sp³-hybridized carbons (Fsp3) is 0.688. The Morgan fingerprint density at radius 2 is 2.24 bits per heavy atom. The molecule has 1 fully saturated rings. The quantitative estimate of drug-likeness (QED) is 0.878. The van der Waals surface area contributed by atoms with Crippen LogP contribution in [0.15, 0.2) is 16.8 Å². The van der Waals surface area contributed by atoms with Crippen LogP contribution in [0.3, 0.4) is 0 Å². The summed E-state index contributed by atoms with van der Waals surface area (Å²) in [7, 11) is 0. The van der Waals surface area contributed by atoms with E-state index in [9.17, 15) is 9.90 Å². The van der Waals surface area contributed by atoms with Crippen molar-refractivity contribution in [1.82, 2.24) is 10.2 Å². The van der Waals surface area contributed by atoms with E-state index in [0.717, 1.165) is 32.4 Å². The van der Waals surface area contributed by atoms with Crippen molar-refractivity contribution < 1.29 is 9.90 Å². The maximum Gasteiger partial charge on any atom is 0.317 e. The van der Waals surface area contributed by atoms with Crippen LogP contribution in [0.25, 0.3) is 0 Å². The predicted molar refractivity (Wildman–Crippen MR) is 86.7 cm³/mol. The lowest BCUT2D eigenvalue weighted by molar-refractivity contribution is 0.0519. The summed E-state index contributed by atoms with van der Waals surface area (Å²) in [5, 5.41) is 16.8. The third kappa shape index (κ3) is 3.98. The average Bonchev–Trinajstić information content (AvgIpc) is 3.07. The highest BCUT2D eigenvalue weighted by Crippen LogP contribution is 2.34. The van der Waals surface area contributed by atoms with Gasteiger partial charge in [-0.15, -0.1) is 0 Å². The number of aliphatic hydroxyl groups is 1. The SMILES string of the molecule is CCC1(CO)CCN(C(=O)NC[C@H](C)c2ccsc2)CC1. The van der Waals surface area contributed by atoms with Crippen LogP contribution in [0, 0.1) is 5.41 Å². The summed E-state index contributed by atoms with van der Waals surface area (Å²) >= 11 is 1.69. The molecular formula is C16H26N2O2S. The highest BCUT2D eigenvalue weighted by atomic mass is 32.1. The van der Waals surface area contributed by atoms with Gasteiger partial charge in [-0.05, 0) is 53.0 Å². The lowest BCUT2D eigenvalue weighted by Crippen LogP contribution is -2.48. The number of hydrogen-bond acceptors (Lipinski definition) is 3. The third-order valence-corrected chi connectivity index (χ3v) is 5.57. The maximum absolute atomic E-state index is 12.2. The van der Waals surface area contributed by atoms with Crippen LogP contribution in [0.4, 0.5) is 4.79 Å². The number of rotatable bonds is 5. The zero-order valence-corrected chi connectivity index (χ0v) is 13.8. The van der Waals surface area contributed by atoms with E-state index < -0.39 is 0 Å². The van der Waals surface area contributed by atoms with Gasteiger partial charge in [0.15, 0.2) is 0 Å². The van der Waals surface area contributed by atoms with Gasteiger partial charge in [0.2, 0.25) is 0 Å². The molecule has 2 heterocycles. The molecule has 0 aromatic carbocycles. The Labute approximate surface area is 131 Å². The van der Waals surface area contributed by atoms with Crippen molar-refractivity contribution in [1.29, 1.82) is 0 Å². The van der Waals surface area contributed by atoms with Crippen molar-refractivity contribution in [2.24, 2.45) is 5.41 Å². The van der Waals surface area contributed by atoms with E-state index in [4.69, 9.17) is 0 Å². The second-order valence-electron chi connectivity index (χ2n) is 6.14. The van der Waals surface area contributed by atoms with Gasteiger partial charge in [-0.25, -0.2) is 4.79 Å². The first kappa shape index (κ1) is 16.3. The summed E-state index contributed by atoms with van der Waals surface area (Å²) in [5.74, 6) is 0.345. The minimum atomic E-state index is 0.0275. The number of nitrogens with one attached hydrogen (secondary N) is 1. The Kier molecular flexibility index (Phi) is 5.65. The molecule has 21 heavy (non-hydrogen) atoms. The zero-order valence-electron chi connectivity index (χ0n) is 13.0. The van der Waals surface area contributed by atoms with E-state index in [1.165, 1.54) is 5.56 Å².